The Bertz CT molecular complexity index is 1430. The van der Waals surface area contributed by atoms with Crippen LogP contribution in [-0.2, 0) is 26.2 Å². The van der Waals surface area contributed by atoms with Crippen molar-refractivity contribution in [3.05, 3.63) is 95.1 Å². The fourth-order valence-electron chi connectivity index (χ4n) is 4.79. The molecule has 0 bridgehead atoms. The quantitative estimate of drug-likeness (QED) is 0.222. The zero-order valence-corrected chi connectivity index (χ0v) is 26.6. The van der Waals surface area contributed by atoms with Crippen molar-refractivity contribution in [2.24, 2.45) is 0 Å². The van der Waals surface area contributed by atoms with Crippen molar-refractivity contribution in [2.45, 2.75) is 84.2 Å². The molecule has 42 heavy (non-hydrogen) atoms. The lowest BCUT2D eigenvalue weighted by atomic mass is 10.0. The number of unbranched alkanes of at least 4 members (excludes halogenated alkanes) is 1. The van der Waals surface area contributed by atoms with Gasteiger partial charge in [-0.25, -0.2) is 8.42 Å². The van der Waals surface area contributed by atoms with Crippen molar-refractivity contribution < 1.29 is 18.0 Å². The maximum atomic E-state index is 14.2. The molecule has 1 unspecified atom stereocenters. The molecule has 1 atom stereocenters. The van der Waals surface area contributed by atoms with Gasteiger partial charge in [0.2, 0.25) is 11.8 Å². The molecule has 0 aromatic heterocycles. The fraction of sp³-hybridized carbons (Fsp3) is 0.412. The van der Waals surface area contributed by atoms with Crippen LogP contribution in [0.4, 0.5) is 5.69 Å². The molecular formula is C34H45N3O4S. The molecule has 0 saturated heterocycles. The van der Waals surface area contributed by atoms with E-state index < -0.39 is 28.5 Å². The van der Waals surface area contributed by atoms with Gasteiger partial charge in [-0.2, -0.15) is 0 Å². The van der Waals surface area contributed by atoms with E-state index in [0.29, 0.717) is 18.7 Å². The van der Waals surface area contributed by atoms with E-state index in [0.717, 1.165) is 39.4 Å². The topological polar surface area (TPSA) is 86.8 Å². The van der Waals surface area contributed by atoms with Crippen LogP contribution in [0.25, 0.3) is 0 Å². The standard InChI is InChI=1S/C34H45N3O4S/c1-7-9-22-35-34(39)32(8-2)36(23-29-13-11-10-12-27(29)6)33(38)24-37(30-18-16-28(17-19-30)25(3)4)42(40,41)31-20-14-26(5)15-21-31/h10-21,25,32H,7-9,22-24H2,1-6H3,(H,35,39). The van der Waals surface area contributed by atoms with Gasteiger partial charge in [0.15, 0.2) is 0 Å². The van der Waals surface area contributed by atoms with E-state index in [1.165, 1.54) is 4.90 Å². The van der Waals surface area contributed by atoms with Crippen molar-refractivity contribution in [1.82, 2.24) is 10.2 Å². The van der Waals surface area contributed by atoms with Gasteiger partial charge >= 0.3 is 0 Å². The van der Waals surface area contributed by atoms with E-state index in [2.05, 4.69) is 19.2 Å². The van der Waals surface area contributed by atoms with Gasteiger partial charge in [-0.15, -0.1) is 0 Å². The molecule has 0 fully saturated rings. The largest absolute Gasteiger partial charge is 0.354 e. The first-order valence-corrected chi connectivity index (χ1v) is 16.2. The maximum absolute atomic E-state index is 14.2. The highest BCUT2D eigenvalue weighted by molar-refractivity contribution is 7.92. The smallest absolute Gasteiger partial charge is 0.264 e. The van der Waals surface area contributed by atoms with E-state index in [9.17, 15) is 18.0 Å². The number of carbonyl (C=O) groups is 2. The molecular weight excluding hydrogens is 546 g/mol. The highest BCUT2D eigenvalue weighted by Gasteiger charge is 2.33. The average molecular weight is 592 g/mol. The van der Waals surface area contributed by atoms with E-state index in [1.807, 2.05) is 64.1 Å². The molecule has 3 aromatic carbocycles. The molecule has 226 valence electrons. The molecule has 2 amide bonds. The molecule has 0 aliphatic carbocycles. The Morgan fingerprint density at radius 1 is 0.881 bits per heavy atom. The maximum Gasteiger partial charge on any atom is 0.264 e. The lowest BCUT2D eigenvalue weighted by Gasteiger charge is -2.33. The van der Waals surface area contributed by atoms with Crippen molar-refractivity contribution >= 4 is 27.5 Å². The van der Waals surface area contributed by atoms with Gasteiger partial charge in [0.25, 0.3) is 10.0 Å². The van der Waals surface area contributed by atoms with Crippen molar-refractivity contribution in [3.63, 3.8) is 0 Å². The summed E-state index contributed by atoms with van der Waals surface area (Å²) in [5.74, 6) is -0.412. The monoisotopic (exact) mass is 591 g/mol. The summed E-state index contributed by atoms with van der Waals surface area (Å²) in [6.45, 7) is 12.2. The van der Waals surface area contributed by atoms with Crippen molar-refractivity contribution in [1.29, 1.82) is 0 Å². The first-order chi connectivity index (χ1) is 20.0. The third-order valence-electron chi connectivity index (χ3n) is 7.55. The second kappa shape index (κ2) is 15.0. The van der Waals surface area contributed by atoms with Crippen LogP contribution in [0.5, 0.6) is 0 Å². The molecule has 7 nitrogen and oxygen atoms in total. The lowest BCUT2D eigenvalue weighted by Crippen LogP contribution is -2.52. The Balaban J connectivity index is 2.06. The first kappa shape index (κ1) is 32.9. The molecule has 1 N–H and O–H groups in total. The Kier molecular flexibility index (Phi) is 11.7. The third-order valence-corrected chi connectivity index (χ3v) is 9.34. The van der Waals surface area contributed by atoms with Crippen LogP contribution < -0.4 is 9.62 Å². The zero-order chi connectivity index (χ0) is 30.9. The number of sulfonamides is 1. The normalized spacial score (nSPS) is 12.2. The van der Waals surface area contributed by atoms with E-state index in [4.69, 9.17) is 0 Å². The number of nitrogens with one attached hydrogen (secondary N) is 1. The minimum Gasteiger partial charge on any atom is -0.354 e. The number of rotatable bonds is 14. The van der Waals surface area contributed by atoms with Gasteiger partial charge in [-0.3, -0.25) is 13.9 Å². The fourth-order valence-corrected chi connectivity index (χ4v) is 6.20. The Labute approximate surface area is 252 Å². The zero-order valence-electron chi connectivity index (χ0n) is 25.8. The second-order valence-electron chi connectivity index (χ2n) is 11.1. The van der Waals surface area contributed by atoms with Crippen molar-refractivity contribution in [2.75, 3.05) is 17.4 Å². The summed E-state index contributed by atoms with van der Waals surface area (Å²) in [7, 11) is -4.10. The minimum atomic E-state index is -4.10. The molecule has 3 aromatic rings. The number of amides is 2. The molecule has 0 saturated carbocycles. The summed E-state index contributed by atoms with van der Waals surface area (Å²) in [5, 5.41) is 2.97. The number of hydrogen-bond acceptors (Lipinski definition) is 4. The predicted molar refractivity (Wildman–Crippen MR) is 170 cm³/mol. The Morgan fingerprint density at radius 3 is 2.10 bits per heavy atom. The van der Waals surface area contributed by atoms with Gasteiger partial charge < -0.3 is 10.2 Å². The predicted octanol–water partition coefficient (Wildman–Crippen LogP) is 6.35. The summed E-state index contributed by atoms with van der Waals surface area (Å²) in [4.78, 5) is 29.2. The van der Waals surface area contributed by atoms with Crippen LogP contribution in [0.1, 0.15) is 75.1 Å². The first-order valence-electron chi connectivity index (χ1n) is 14.8. The number of benzene rings is 3. The van der Waals surface area contributed by atoms with Gasteiger partial charge in [0.05, 0.1) is 10.6 Å². The molecule has 0 aliphatic rings. The van der Waals surface area contributed by atoms with Crippen LogP contribution >= 0.6 is 0 Å². The number of carbonyl (C=O) groups excluding carboxylic acids is 2. The molecule has 0 spiro atoms. The third kappa shape index (κ3) is 8.22. The summed E-state index contributed by atoms with van der Waals surface area (Å²) in [6, 6.07) is 20.9. The molecule has 0 heterocycles. The average Bonchev–Trinajstić information content (AvgIpc) is 2.97. The molecule has 8 heteroatoms. The number of nitrogens with zero attached hydrogens (tertiary/aromatic N) is 2. The van der Waals surface area contributed by atoms with E-state index >= 15 is 0 Å². The van der Waals surface area contributed by atoms with Gasteiger partial charge in [0, 0.05) is 13.1 Å². The molecule has 0 radical (unpaired) electrons. The number of hydrogen-bond donors (Lipinski definition) is 1. The van der Waals surface area contributed by atoms with Crippen molar-refractivity contribution in [3.8, 4) is 0 Å². The Hall–Kier alpha value is -3.65. The number of anilines is 1. The van der Waals surface area contributed by atoms with Crippen LogP contribution in [-0.4, -0.2) is 44.3 Å². The van der Waals surface area contributed by atoms with E-state index in [-0.39, 0.29) is 23.3 Å². The molecule has 3 rings (SSSR count). The van der Waals surface area contributed by atoms with Crippen LogP contribution in [0.15, 0.2) is 77.7 Å². The van der Waals surface area contributed by atoms with Crippen LogP contribution in [0.3, 0.4) is 0 Å². The summed E-state index contributed by atoms with van der Waals surface area (Å²) in [6.07, 6.45) is 2.16. The summed E-state index contributed by atoms with van der Waals surface area (Å²) in [5.41, 5.74) is 4.28. The van der Waals surface area contributed by atoms with Gasteiger partial charge in [-0.05, 0) is 73.6 Å². The lowest BCUT2D eigenvalue weighted by molar-refractivity contribution is -0.140. The van der Waals surface area contributed by atoms with Crippen LogP contribution in [0.2, 0.25) is 0 Å². The SMILES string of the molecule is CCCCNC(=O)C(CC)N(Cc1ccccc1C)C(=O)CN(c1ccc(C(C)C)cc1)S(=O)(=O)c1ccc(C)cc1. The number of aryl methyl sites for hydroxylation is 2. The van der Waals surface area contributed by atoms with E-state index in [1.54, 1.807) is 36.4 Å². The second-order valence-corrected chi connectivity index (χ2v) is 13.0. The van der Waals surface area contributed by atoms with Gasteiger partial charge in [-0.1, -0.05) is 88.2 Å². The van der Waals surface area contributed by atoms with Crippen LogP contribution in [0, 0.1) is 13.8 Å². The Morgan fingerprint density at radius 2 is 1.52 bits per heavy atom. The minimum absolute atomic E-state index is 0.101. The molecule has 0 aliphatic heterocycles. The summed E-state index contributed by atoms with van der Waals surface area (Å²) < 4.78 is 29.3. The highest BCUT2D eigenvalue weighted by atomic mass is 32.2. The summed E-state index contributed by atoms with van der Waals surface area (Å²) >= 11 is 0. The highest BCUT2D eigenvalue weighted by Crippen LogP contribution is 2.27. The van der Waals surface area contributed by atoms with Gasteiger partial charge in [0.1, 0.15) is 12.6 Å².